The molecule has 1 aromatic heterocycles. The Morgan fingerprint density at radius 1 is 1.14 bits per heavy atom. The lowest BCUT2D eigenvalue weighted by Crippen LogP contribution is -2.60. The highest BCUT2D eigenvalue weighted by Crippen LogP contribution is 2.30. The van der Waals surface area contributed by atoms with E-state index in [1.165, 1.54) is 5.56 Å². The fourth-order valence-electron chi connectivity index (χ4n) is 5.14. The predicted octanol–water partition coefficient (Wildman–Crippen LogP) is 3.05. The van der Waals surface area contributed by atoms with Gasteiger partial charge >= 0.3 is 0 Å². The van der Waals surface area contributed by atoms with Gasteiger partial charge in [0.1, 0.15) is 0 Å². The molecular weight excluding hydrogens is 362 g/mol. The van der Waals surface area contributed by atoms with Crippen molar-refractivity contribution >= 4 is 5.95 Å². The van der Waals surface area contributed by atoms with Gasteiger partial charge in [0.05, 0.1) is 11.3 Å². The number of benzene rings is 1. The van der Waals surface area contributed by atoms with E-state index in [0.717, 1.165) is 43.6 Å². The molecule has 0 saturated carbocycles. The topological polar surface area (TPSA) is 73.0 Å². The van der Waals surface area contributed by atoms with Crippen LogP contribution in [0.15, 0.2) is 35.1 Å². The SMILES string of the molecule is CC1(C)CC(Nc2nc3c(c(=O)[nH]2)CN(Cc2ccccc2)CC3)CC(C)(C)N1. The summed E-state index contributed by atoms with van der Waals surface area (Å²) in [5.74, 6) is 0.615. The minimum absolute atomic E-state index is 0.0114. The molecular formula is C23H33N5O. The Bertz CT molecular complexity index is 903. The first-order valence-electron chi connectivity index (χ1n) is 10.6. The highest BCUT2D eigenvalue weighted by atomic mass is 16.1. The van der Waals surface area contributed by atoms with Crippen LogP contribution in [0.3, 0.4) is 0 Å². The Hall–Kier alpha value is -2.18. The van der Waals surface area contributed by atoms with Crippen molar-refractivity contribution in [3.63, 3.8) is 0 Å². The number of hydrogen-bond acceptors (Lipinski definition) is 5. The van der Waals surface area contributed by atoms with Gasteiger partial charge in [-0.3, -0.25) is 14.7 Å². The van der Waals surface area contributed by atoms with Crippen LogP contribution in [0.2, 0.25) is 0 Å². The minimum atomic E-state index is -0.0114. The van der Waals surface area contributed by atoms with Gasteiger partial charge < -0.3 is 10.6 Å². The van der Waals surface area contributed by atoms with Crippen molar-refractivity contribution in [3.8, 4) is 0 Å². The summed E-state index contributed by atoms with van der Waals surface area (Å²) < 4.78 is 0. The molecule has 1 aromatic carbocycles. The Balaban J connectivity index is 1.47. The number of nitrogens with one attached hydrogen (secondary N) is 3. The molecule has 0 bridgehead atoms. The maximum absolute atomic E-state index is 12.8. The van der Waals surface area contributed by atoms with E-state index >= 15 is 0 Å². The zero-order chi connectivity index (χ0) is 20.6. The number of hydrogen-bond donors (Lipinski definition) is 3. The van der Waals surface area contributed by atoms with Crippen LogP contribution in [0.25, 0.3) is 0 Å². The van der Waals surface area contributed by atoms with Gasteiger partial charge in [0.25, 0.3) is 5.56 Å². The van der Waals surface area contributed by atoms with E-state index < -0.39 is 0 Å². The molecule has 3 heterocycles. The Morgan fingerprint density at radius 2 is 1.83 bits per heavy atom. The first kappa shape index (κ1) is 20.1. The highest BCUT2D eigenvalue weighted by Gasteiger charge is 2.38. The van der Waals surface area contributed by atoms with Gasteiger partial charge in [-0.1, -0.05) is 30.3 Å². The molecule has 6 nitrogen and oxygen atoms in total. The molecule has 6 heteroatoms. The van der Waals surface area contributed by atoms with Crippen LogP contribution in [0.5, 0.6) is 0 Å². The summed E-state index contributed by atoms with van der Waals surface area (Å²) in [5.41, 5.74) is 3.10. The third-order valence-electron chi connectivity index (χ3n) is 5.93. The predicted molar refractivity (Wildman–Crippen MR) is 117 cm³/mol. The molecule has 0 radical (unpaired) electrons. The van der Waals surface area contributed by atoms with E-state index in [9.17, 15) is 4.79 Å². The summed E-state index contributed by atoms with van der Waals surface area (Å²) in [6.45, 7) is 11.4. The van der Waals surface area contributed by atoms with Crippen molar-refractivity contribution in [3.05, 3.63) is 57.5 Å². The molecule has 156 valence electrons. The second-order valence-electron chi connectivity index (χ2n) is 9.93. The largest absolute Gasteiger partial charge is 0.353 e. The zero-order valence-corrected chi connectivity index (χ0v) is 18.0. The molecule has 1 saturated heterocycles. The van der Waals surface area contributed by atoms with Crippen molar-refractivity contribution in [2.24, 2.45) is 0 Å². The third kappa shape index (κ3) is 4.87. The summed E-state index contributed by atoms with van der Waals surface area (Å²) in [6.07, 6.45) is 2.79. The van der Waals surface area contributed by atoms with Gasteiger partial charge in [0, 0.05) is 43.2 Å². The standard InChI is InChI=1S/C23H33N5O/c1-22(2)12-17(13-23(3,4)27-22)24-21-25-19-10-11-28(15-18(19)20(29)26-21)14-16-8-6-5-7-9-16/h5-9,17,27H,10-15H2,1-4H3,(H2,24,25,26,29). The van der Waals surface area contributed by atoms with Crippen LogP contribution in [0.1, 0.15) is 57.4 Å². The molecule has 0 amide bonds. The van der Waals surface area contributed by atoms with Gasteiger partial charge in [0.15, 0.2) is 0 Å². The number of anilines is 1. The second kappa shape index (κ2) is 7.58. The van der Waals surface area contributed by atoms with Crippen molar-refractivity contribution < 1.29 is 0 Å². The van der Waals surface area contributed by atoms with Crippen molar-refractivity contribution in [2.75, 3.05) is 11.9 Å². The molecule has 2 aromatic rings. The third-order valence-corrected chi connectivity index (χ3v) is 5.93. The van der Waals surface area contributed by atoms with E-state index in [0.29, 0.717) is 12.5 Å². The normalized spacial score (nSPS) is 21.5. The monoisotopic (exact) mass is 395 g/mol. The van der Waals surface area contributed by atoms with Crippen molar-refractivity contribution in [1.29, 1.82) is 0 Å². The number of aromatic nitrogens is 2. The van der Waals surface area contributed by atoms with Crippen LogP contribution in [-0.4, -0.2) is 38.5 Å². The summed E-state index contributed by atoms with van der Waals surface area (Å²) >= 11 is 0. The number of H-pyrrole nitrogens is 1. The molecule has 4 rings (SSSR count). The smallest absolute Gasteiger partial charge is 0.257 e. The van der Waals surface area contributed by atoms with Crippen molar-refractivity contribution in [1.82, 2.24) is 20.2 Å². The van der Waals surface area contributed by atoms with Gasteiger partial charge in [-0.2, -0.15) is 0 Å². The van der Waals surface area contributed by atoms with Gasteiger partial charge in [0.2, 0.25) is 5.95 Å². The first-order chi connectivity index (χ1) is 13.7. The number of aromatic amines is 1. The van der Waals surface area contributed by atoms with Crippen LogP contribution in [-0.2, 0) is 19.5 Å². The lowest BCUT2D eigenvalue weighted by Gasteiger charge is -2.46. The Kier molecular flexibility index (Phi) is 5.25. The van der Waals surface area contributed by atoms with Gasteiger partial charge in [-0.05, 0) is 46.1 Å². The van der Waals surface area contributed by atoms with E-state index in [4.69, 9.17) is 4.98 Å². The summed E-state index contributed by atoms with van der Waals surface area (Å²) in [7, 11) is 0. The van der Waals surface area contributed by atoms with Crippen LogP contribution in [0, 0.1) is 0 Å². The molecule has 0 atom stereocenters. The maximum Gasteiger partial charge on any atom is 0.257 e. The molecule has 1 fully saturated rings. The van der Waals surface area contributed by atoms with Crippen LogP contribution < -0.4 is 16.2 Å². The number of piperidine rings is 1. The molecule has 3 N–H and O–H groups in total. The van der Waals surface area contributed by atoms with Crippen LogP contribution >= 0.6 is 0 Å². The molecule has 0 unspecified atom stereocenters. The molecule has 2 aliphatic rings. The van der Waals surface area contributed by atoms with Crippen LogP contribution in [0.4, 0.5) is 5.95 Å². The first-order valence-corrected chi connectivity index (χ1v) is 10.6. The fraction of sp³-hybridized carbons (Fsp3) is 0.565. The summed E-state index contributed by atoms with van der Waals surface area (Å²) in [5, 5.41) is 7.21. The lowest BCUT2D eigenvalue weighted by molar-refractivity contribution is 0.170. The van der Waals surface area contributed by atoms with E-state index in [1.54, 1.807) is 0 Å². The molecule has 0 aliphatic carbocycles. The number of rotatable bonds is 4. The van der Waals surface area contributed by atoms with Gasteiger partial charge in [-0.25, -0.2) is 4.98 Å². The quantitative estimate of drug-likeness (QED) is 0.742. The summed E-state index contributed by atoms with van der Waals surface area (Å²) in [4.78, 5) is 22.9. The second-order valence-corrected chi connectivity index (χ2v) is 9.93. The number of fused-ring (bicyclic) bond motifs is 1. The Labute approximate surface area is 173 Å². The number of nitrogens with zero attached hydrogens (tertiary/aromatic N) is 2. The summed E-state index contributed by atoms with van der Waals surface area (Å²) in [6, 6.07) is 10.7. The van der Waals surface area contributed by atoms with E-state index in [2.05, 4.69) is 72.5 Å². The highest BCUT2D eigenvalue weighted by molar-refractivity contribution is 5.33. The zero-order valence-electron chi connectivity index (χ0n) is 18.0. The lowest BCUT2D eigenvalue weighted by atomic mass is 9.80. The molecule has 29 heavy (non-hydrogen) atoms. The van der Waals surface area contributed by atoms with E-state index in [1.807, 2.05) is 6.07 Å². The van der Waals surface area contributed by atoms with Crippen molar-refractivity contribution in [2.45, 2.75) is 77.2 Å². The molecule has 0 spiro atoms. The fourth-order valence-corrected chi connectivity index (χ4v) is 5.14. The Morgan fingerprint density at radius 3 is 2.52 bits per heavy atom. The average molecular weight is 396 g/mol. The van der Waals surface area contributed by atoms with Gasteiger partial charge in [-0.15, -0.1) is 0 Å². The maximum atomic E-state index is 12.8. The molecule has 2 aliphatic heterocycles. The average Bonchev–Trinajstić information content (AvgIpc) is 2.60. The van der Waals surface area contributed by atoms with E-state index in [-0.39, 0.29) is 22.7 Å². The minimum Gasteiger partial charge on any atom is -0.353 e.